The van der Waals surface area contributed by atoms with Crippen LogP contribution in [0.2, 0.25) is 0 Å². The molecular weight excluding hydrogens is 221 g/mol. The van der Waals surface area contributed by atoms with Crippen LogP contribution in [0.4, 0.5) is 30.7 Å². The van der Waals surface area contributed by atoms with Crippen LogP contribution in [-0.2, 0) is 0 Å². The van der Waals surface area contributed by atoms with Gasteiger partial charge in [0.2, 0.25) is 0 Å². The Labute approximate surface area is 74.5 Å². The lowest BCUT2D eigenvalue weighted by Crippen LogP contribution is -2.52. The fourth-order valence-corrected chi connectivity index (χ4v) is 0.707. The first-order chi connectivity index (χ1) is 5.92. The van der Waals surface area contributed by atoms with Crippen molar-refractivity contribution in [1.82, 2.24) is 0 Å². The summed E-state index contributed by atoms with van der Waals surface area (Å²) in [5, 5.41) is 8.34. The smallest absolute Gasteiger partial charge is 0.393 e. The zero-order valence-electron chi connectivity index (χ0n) is 6.88. The Morgan fingerprint density at radius 2 is 1.36 bits per heavy atom. The molecule has 1 unspecified atom stereocenters. The summed E-state index contributed by atoms with van der Waals surface area (Å²) in [6.45, 7) is 0.695. The molecule has 0 spiro atoms. The molecule has 1 nitrogen and oxygen atoms in total. The van der Waals surface area contributed by atoms with Crippen molar-refractivity contribution >= 4 is 0 Å². The van der Waals surface area contributed by atoms with E-state index in [1.54, 1.807) is 0 Å². The van der Waals surface area contributed by atoms with Crippen LogP contribution in [0.25, 0.3) is 0 Å². The van der Waals surface area contributed by atoms with E-state index in [-0.39, 0.29) is 0 Å². The second kappa shape index (κ2) is 3.56. The second-order valence-electron chi connectivity index (χ2n) is 2.83. The zero-order chi connectivity index (χ0) is 11.8. The van der Waals surface area contributed by atoms with Gasteiger partial charge >= 0.3 is 18.0 Å². The summed E-state index contributed by atoms with van der Waals surface area (Å²) in [7, 11) is 0. The predicted molar refractivity (Wildman–Crippen MR) is 32.2 cm³/mol. The highest BCUT2D eigenvalue weighted by molar-refractivity contribution is 4.91. The molecule has 8 heteroatoms. The van der Waals surface area contributed by atoms with E-state index in [2.05, 4.69) is 0 Å². The quantitative estimate of drug-likeness (QED) is 0.736. The van der Waals surface area contributed by atoms with E-state index in [0.717, 1.165) is 0 Å². The Bertz CT molecular complexity index is 195. The van der Waals surface area contributed by atoms with Crippen molar-refractivity contribution in [3.8, 4) is 0 Å². The number of aliphatic hydroxyl groups is 1. The number of rotatable bonds is 3. The van der Waals surface area contributed by atoms with Gasteiger partial charge in [0.1, 0.15) is 0 Å². The number of hydrogen-bond acceptors (Lipinski definition) is 1. The summed E-state index contributed by atoms with van der Waals surface area (Å²) in [6, 6.07) is 0. The monoisotopic (exact) mass is 228 g/mol. The highest BCUT2D eigenvalue weighted by Crippen LogP contribution is 2.48. The minimum absolute atomic E-state index is 0.695. The lowest BCUT2D eigenvalue weighted by Gasteiger charge is -2.28. The van der Waals surface area contributed by atoms with Crippen LogP contribution in [0, 0.1) is 0 Å². The molecule has 0 saturated heterocycles. The molecule has 0 radical (unpaired) electrons. The summed E-state index contributed by atoms with van der Waals surface area (Å²) in [5.41, 5.74) is 0. The van der Waals surface area contributed by atoms with Crippen LogP contribution in [-0.4, -0.2) is 29.2 Å². The molecule has 0 aromatic heterocycles. The standard InChI is InChI=1S/C6H7F7O/c1-3(14)2-4(7,8)5(9,10)6(11,12)13/h3,14H,2H2,1H3. The summed E-state index contributed by atoms with van der Waals surface area (Å²) in [6.07, 6.45) is -10.2. The first-order valence-corrected chi connectivity index (χ1v) is 3.42. The van der Waals surface area contributed by atoms with Gasteiger partial charge in [-0.1, -0.05) is 0 Å². The van der Waals surface area contributed by atoms with E-state index in [1.807, 2.05) is 0 Å². The van der Waals surface area contributed by atoms with Gasteiger partial charge in [-0.25, -0.2) is 0 Å². The molecule has 0 aromatic carbocycles. The summed E-state index contributed by atoms with van der Waals surface area (Å²) < 4.78 is 83.2. The summed E-state index contributed by atoms with van der Waals surface area (Å²) in [5.74, 6) is -11.4. The molecule has 0 aliphatic carbocycles. The van der Waals surface area contributed by atoms with Crippen molar-refractivity contribution in [3.63, 3.8) is 0 Å². The van der Waals surface area contributed by atoms with Crippen LogP contribution in [0.15, 0.2) is 0 Å². The number of aliphatic hydroxyl groups excluding tert-OH is 1. The molecule has 0 rings (SSSR count). The second-order valence-corrected chi connectivity index (χ2v) is 2.83. The predicted octanol–water partition coefficient (Wildman–Crippen LogP) is 2.59. The molecule has 1 atom stereocenters. The maximum atomic E-state index is 12.3. The molecule has 14 heavy (non-hydrogen) atoms. The fourth-order valence-electron chi connectivity index (χ4n) is 0.707. The van der Waals surface area contributed by atoms with Crippen LogP contribution >= 0.6 is 0 Å². The highest BCUT2D eigenvalue weighted by atomic mass is 19.4. The maximum absolute atomic E-state index is 12.3. The van der Waals surface area contributed by atoms with Gasteiger partial charge in [0.25, 0.3) is 0 Å². The van der Waals surface area contributed by atoms with E-state index in [0.29, 0.717) is 6.92 Å². The van der Waals surface area contributed by atoms with Crippen molar-refractivity contribution < 1.29 is 35.8 Å². The molecule has 0 fully saturated rings. The summed E-state index contributed by atoms with van der Waals surface area (Å²) in [4.78, 5) is 0. The van der Waals surface area contributed by atoms with Crippen molar-refractivity contribution in [2.75, 3.05) is 0 Å². The van der Waals surface area contributed by atoms with Gasteiger partial charge in [-0.2, -0.15) is 30.7 Å². The first-order valence-electron chi connectivity index (χ1n) is 3.42. The number of alkyl halides is 7. The van der Waals surface area contributed by atoms with Gasteiger partial charge in [-0.15, -0.1) is 0 Å². The molecular formula is C6H7F7O. The van der Waals surface area contributed by atoms with E-state index in [9.17, 15) is 30.7 Å². The fraction of sp³-hybridized carbons (Fsp3) is 1.00. The summed E-state index contributed by atoms with van der Waals surface area (Å²) >= 11 is 0. The van der Waals surface area contributed by atoms with Crippen LogP contribution in [0.5, 0.6) is 0 Å². The average molecular weight is 228 g/mol. The van der Waals surface area contributed by atoms with Gasteiger partial charge in [0.15, 0.2) is 0 Å². The largest absolute Gasteiger partial charge is 0.459 e. The topological polar surface area (TPSA) is 20.2 Å². The van der Waals surface area contributed by atoms with E-state index >= 15 is 0 Å². The Kier molecular flexibility index (Phi) is 3.42. The van der Waals surface area contributed by atoms with Gasteiger partial charge < -0.3 is 5.11 Å². The lowest BCUT2D eigenvalue weighted by molar-refractivity contribution is -0.358. The molecule has 0 heterocycles. The average Bonchev–Trinajstić information content (AvgIpc) is 1.80. The van der Waals surface area contributed by atoms with Crippen molar-refractivity contribution in [2.45, 2.75) is 37.5 Å². The Morgan fingerprint density at radius 3 is 1.57 bits per heavy atom. The third kappa shape index (κ3) is 2.49. The van der Waals surface area contributed by atoms with Crippen molar-refractivity contribution in [3.05, 3.63) is 0 Å². The third-order valence-corrected chi connectivity index (χ3v) is 1.37. The van der Waals surface area contributed by atoms with Gasteiger partial charge in [-0.3, -0.25) is 0 Å². The van der Waals surface area contributed by atoms with E-state index in [4.69, 9.17) is 5.11 Å². The number of halogens is 7. The van der Waals surface area contributed by atoms with Gasteiger partial charge in [-0.05, 0) is 6.92 Å². The Hall–Kier alpha value is -0.530. The minimum atomic E-state index is -6.33. The SMILES string of the molecule is CC(O)CC(F)(F)C(F)(F)C(F)(F)F. The molecule has 1 N–H and O–H groups in total. The lowest BCUT2D eigenvalue weighted by atomic mass is 10.1. The van der Waals surface area contributed by atoms with Crippen LogP contribution < -0.4 is 0 Å². The van der Waals surface area contributed by atoms with Gasteiger partial charge in [0.05, 0.1) is 6.10 Å². The first kappa shape index (κ1) is 13.5. The molecule has 0 aromatic rings. The van der Waals surface area contributed by atoms with Gasteiger partial charge in [0, 0.05) is 6.42 Å². The minimum Gasteiger partial charge on any atom is -0.393 e. The van der Waals surface area contributed by atoms with Crippen molar-refractivity contribution in [2.24, 2.45) is 0 Å². The molecule has 0 aliphatic rings. The Balaban J connectivity index is 4.88. The molecule has 0 amide bonds. The number of hydrogen-bond donors (Lipinski definition) is 1. The molecule has 0 aliphatic heterocycles. The van der Waals surface area contributed by atoms with E-state index < -0.39 is 30.5 Å². The Morgan fingerprint density at radius 1 is 1.00 bits per heavy atom. The highest BCUT2D eigenvalue weighted by Gasteiger charge is 2.72. The normalized spacial score (nSPS) is 16.9. The maximum Gasteiger partial charge on any atom is 0.459 e. The molecule has 0 saturated carbocycles. The molecule has 86 valence electrons. The van der Waals surface area contributed by atoms with Crippen molar-refractivity contribution in [1.29, 1.82) is 0 Å². The van der Waals surface area contributed by atoms with E-state index in [1.165, 1.54) is 0 Å². The van der Waals surface area contributed by atoms with Crippen LogP contribution in [0.3, 0.4) is 0 Å². The molecule has 0 bridgehead atoms. The third-order valence-electron chi connectivity index (χ3n) is 1.37. The zero-order valence-corrected chi connectivity index (χ0v) is 6.88. The van der Waals surface area contributed by atoms with Crippen LogP contribution in [0.1, 0.15) is 13.3 Å².